The van der Waals surface area contributed by atoms with Gasteiger partial charge in [0.2, 0.25) is 0 Å². The van der Waals surface area contributed by atoms with Gasteiger partial charge in [-0.3, -0.25) is 4.79 Å². The lowest BCUT2D eigenvalue weighted by molar-refractivity contribution is 0.0784. The van der Waals surface area contributed by atoms with E-state index in [1.54, 1.807) is 11.9 Å². The summed E-state index contributed by atoms with van der Waals surface area (Å²) in [5, 5.41) is 0.408. The summed E-state index contributed by atoms with van der Waals surface area (Å²) >= 11 is 15.1. The van der Waals surface area contributed by atoms with Crippen molar-refractivity contribution in [1.29, 1.82) is 0 Å². The molecule has 1 aromatic heterocycles. The molecular weight excluding hydrogens is 363 g/mol. The van der Waals surface area contributed by atoms with E-state index < -0.39 is 0 Å². The van der Waals surface area contributed by atoms with E-state index in [1.165, 1.54) is 12.1 Å². The Morgan fingerprint density at radius 3 is 2.45 bits per heavy atom. The number of nitrogens with zero attached hydrogens (tertiary/aromatic N) is 2. The lowest BCUT2D eigenvalue weighted by Crippen LogP contribution is -2.26. The first kappa shape index (κ1) is 15.3. The number of rotatable bonds is 3. The summed E-state index contributed by atoms with van der Waals surface area (Å²) in [6, 6.07) is 10.8. The lowest BCUT2D eigenvalue weighted by atomic mass is 10.2. The van der Waals surface area contributed by atoms with Crippen LogP contribution in [0, 0.1) is 0 Å². The monoisotopic (exact) mass is 372 g/mol. The predicted molar refractivity (Wildman–Crippen MR) is 84.2 cm³/mol. The van der Waals surface area contributed by atoms with Crippen molar-refractivity contribution >= 4 is 45.0 Å². The minimum Gasteiger partial charge on any atom is -0.337 e. The second-order valence-electron chi connectivity index (χ2n) is 4.25. The molecule has 0 atom stereocenters. The molecule has 1 amide bonds. The van der Waals surface area contributed by atoms with Gasteiger partial charge in [-0.2, -0.15) is 0 Å². The van der Waals surface area contributed by atoms with Crippen LogP contribution in [0.3, 0.4) is 0 Å². The molecule has 0 spiro atoms. The van der Waals surface area contributed by atoms with Crippen molar-refractivity contribution in [2.24, 2.45) is 0 Å². The minimum absolute atomic E-state index is 0.160. The molecule has 0 aliphatic rings. The van der Waals surface area contributed by atoms with Gasteiger partial charge in [0.1, 0.15) is 10.3 Å². The molecule has 0 aliphatic heterocycles. The van der Waals surface area contributed by atoms with E-state index in [9.17, 15) is 4.79 Å². The number of amides is 1. The Morgan fingerprint density at radius 1 is 1.25 bits per heavy atom. The Labute approximate surface area is 135 Å². The van der Waals surface area contributed by atoms with Crippen molar-refractivity contribution in [3.05, 3.63) is 62.3 Å². The quantitative estimate of drug-likeness (QED) is 0.746. The Morgan fingerprint density at radius 2 is 1.85 bits per heavy atom. The Bertz CT molecular complexity index is 629. The first-order valence-electron chi connectivity index (χ1n) is 5.79. The van der Waals surface area contributed by atoms with E-state index in [1.807, 2.05) is 24.3 Å². The zero-order valence-corrected chi connectivity index (χ0v) is 13.7. The second-order valence-corrected chi connectivity index (χ2v) is 5.88. The van der Waals surface area contributed by atoms with Crippen LogP contribution in [0.4, 0.5) is 0 Å². The number of carbonyl (C=O) groups excluding carboxylic acids is 1. The predicted octanol–water partition coefficient (Wildman–Crippen LogP) is 4.42. The number of pyridine rings is 1. The third-order valence-electron chi connectivity index (χ3n) is 2.72. The molecule has 0 bridgehead atoms. The molecule has 0 radical (unpaired) electrons. The van der Waals surface area contributed by atoms with Gasteiger partial charge in [0, 0.05) is 23.6 Å². The van der Waals surface area contributed by atoms with Gasteiger partial charge in [0.15, 0.2) is 0 Å². The fraction of sp³-hybridized carbons (Fsp3) is 0.143. The smallest absolute Gasteiger partial charge is 0.254 e. The molecule has 0 unspecified atom stereocenters. The first-order chi connectivity index (χ1) is 9.47. The van der Waals surface area contributed by atoms with Crippen LogP contribution < -0.4 is 0 Å². The van der Waals surface area contributed by atoms with Gasteiger partial charge in [-0.25, -0.2) is 4.98 Å². The molecule has 2 aromatic rings. The van der Waals surface area contributed by atoms with Gasteiger partial charge in [0.25, 0.3) is 5.91 Å². The molecule has 104 valence electrons. The minimum atomic E-state index is -0.160. The molecule has 1 heterocycles. The largest absolute Gasteiger partial charge is 0.337 e. The fourth-order valence-electron chi connectivity index (χ4n) is 1.76. The topological polar surface area (TPSA) is 33.2 Å². The van der Waals surface area contributed by atoms with Crippen LogP contribution in [0.2, 0.25) is 10.3 Å². The maximum absolute atomic E-state index is 12.3. The SMILES string of the molecule is CN(Cc1ccccc1Br)C(=O)c1cc(Cl)nc(Cl)c1. The number of halogens is 3. The standard InChI is InChI=1S/C14H11BrCl2N2O/c1-19(8-9-4-2-3-5-11(9)15)14(20)10-6-12(16)18-13(17)7-10/h2-7H,8H2,1H3. The van der Waals surface area contributed by atoms with Crippen LogP contribution in [-0.4, -0.2) is 22.8 Å². The molecule has 0 N–H and O–H groups in total. The second kappa shape index (κ2) is 6.57. The van der Waals surface area contributed by atoms with Crippen LogP contribution in [0.25, 0.3) is 0 Å². The summed E-state index contributed by atoms with van der Waals surface area (Å²) in [6.07, 6.45) is 0. The molecule has 0 aliphatic carbocycles. The average Bonchev–Trinajstić information content (AvgIpc) is 2.39. The lowest BCUT2D eigenvalue weighted by Gasteiger charge is -2.18. The highest BCUT2D eigenvalue weighted by molar-refractivity contribution is 9.10. The Kier molecular flexibility index (Phi) is 5.02. The van der Waals surface area contributed by atoms with Crippen LogP contribution in [0.1, 0.15) is 15.9 Å². The van der Waals surface area contributed by atoms with Crippen molar-refractivity contribution < 1.29 is 4.79 Å². The molecule has 20 heavy (non-hydrogen) atoms. The van der Waals surface area contributed by atoms with E-state index in [-0.39, 0.29) is 16.2 Å². The maximum atomic E-state index is 12.3. The van der Waals surface area contributed by atoms with E-state index in [0.717, 1.165) is 10.0 Å². The van der Waals surface area contributed by atoms with Crippen molar-refractivity contribution in [3.63, 3.8) is 0 Å². The third-order valence-corrected chi connectivity index (χ3v) is 3.88. The van der Waals surface area contributed by atoms with E-state index in [0.29, 0.717) is 12.1 Å². The van der Waals surface area contributed by atoms with Crippen LogP contribution in [0.5, 0.6) is 0 Å². The first-order valence-corrected chi connectivity index (χ1v) is 7.34. The zero-order valence-electron chi connectivity index (χ0n) is 10.6. The van der Waals surface area contributed by atoms with Gasteiger partial charge >= 0.3 is 0 Å². The molecule has 2 rings (SSSR count). The molecule has 3 nitrogen and oxygen atoms in total. The summed E-state index contributed by atoms with van der Waals surface area (Å²) in [4.78, 5) is 17.8. The summed E-state index contributed by atoms with van der Waals surface area (Å²) in [5.41, 5.74) is 1.44. The van der Waals surface area contributed by atoms with E-state index in [2.05, 4.69) is 20.9 Å². The molecule has 0 fully saturated rings. The normalized spacial score (nSPS) is 10.4. The summed E-state index contributed by atoms with van der Waals surface area (Å²) in [7, 11) is 1.73. The third kappa shape index (κ3) is 3.72. The number of hydrogen-bond acceptors (Lipinski definition) is 2. The van der Waals surface area contributed by atoms with Crippen molar-refractivity contribution in [2.45, 2.75) is 6.54 Å². The highest BCUT2D eigenvalue weighted by Gasteiger charge is 2.14. The van der Waals surface area contributed by atoms with Gasteiger partial charge in [-0.1, -0.05) is 57.3 Å². The molecule has 0 saturated heterocycles. The van der Waals surface area contributed by atoms with E-state index >= 15 is 0 Å². The summed E-state index contributed by atoms with van der Waals surface area (Å²) < 4.78 is 0.963. The number of hydrogen-bond donors (Lipinski definition) is 0. The highest BCUT2D eigenvalue weighted by atomic mass is 79.9. The Hall–Kier alpha value is -1.10. The number of aromatic nitrogens is 1. The van der Waals surface area contributed by atoms with Crippen molar-refractivity contribution in [1.82, 2.24) is 9.88 Å². The van der Waals surface area contributed by atoms with Crippen molar-refractivity contribution in [3.8, 4) is 0 Å². The highest BCUT2D eigenvalue weighted by Crippen LogP contribution is 2.20. The van der Waals surface area contributed by atoms with Crippen LogP contribution >= 0.6 is 39.1 Å². The zero-order chi connectivity index (χ0) is 14.7. The summed E-state index contributed by atoms with van der Waals surface area (Å²) in [5.74, 6) is -0.160. The van der Waals surface area contributed by atoms with Crippen LogP contribution in [0.15, 0.2) is 40.9 Å². The van der Waals surface area contributed by atoms with Gasteiger partial charge < -0.3 is 4.90 Å². The number of carbonyl (C=O) groups is 1. The maximum Gasteiger partial charge on any atom is 0.254 e. The average molecular weight is 374 g/mol. The molecule has 0 saturated carbocycles. The van der Waals surface area contributed by atoms with Crippen LogP contribution in [-0.2, 0) is 6.54 Å². The fourth-order valence-corrected chi connectivity index (χ4v) is 2.63. The molecule has 6 heteroatoms. The summed E-state index contributed by atoms with van der Waals surface area (Å²) in [6.45, 7) is 0.484. The van der Waals surface area contributed by atoms with E-state index in [4.69, 9.17) is 23.2 Å². The van der Waals surface area contributed by atoms with Gasteiger partial charge in [0.05, 0.1) is 0 Å². The van der Waals surface area contributed by atoms with Gasteiger partial charge in [-0.05, 0) is 23.8 Å². The molecule has 1 aromatic carbocycles. The van der Waals surface area contributed by atoms with Gasteiger partial charge in [-0.15, -0.1) is 0 Å². The van der Waals surface area contributed by atoms with Crippen molar-refractivity contribution in [2.75, 3.05) is 7.05 Å². The Balaban J connectivity index is 2.18. The number of benzene rings is 1. The molecular formula is C14H11BrCl2N2O.